The molecule has 2 nitrogen and oxygen atoms in total. The molecule has 0 saturated heterocycles. The van der Waals surface area contributed by atoms with Crippen LogP contribution in [0.5, 0.6) is 0 Å². The third-order valence-corrected chi connectivity index (χ3v) is 3.71. The lowest BCUT2D eigenvalue weighted by atomic mass is 9.89. The van der Waals surface area contributed by atoms with E-state index in [4.69, 9.17) is 9.40 Å². The number of halogens is 1. The maximum absolute atomic E-state index is 13.1. The number of nitrogens with zero attached hydrogens (tertiary/aromatic N) is 1. The lowest BCUT2D eigenvalue weighted by molar-refractivity contribution is 0.503. The van der Waals surface area contributed by atoms with Crippen LogP contribution in [-0.2, 0) is 11.8 Å². The van der Waals surface area contributed by atoms with Crippen molar-refractivity contribution in [2.45, 2.75) is 32.6 Å². The van der Waals surface area contributed by atoms with Crippen molar-refractivity contribution in [3.8, 4) is 11.5 Å². The fourth-order valence-electron chi connectivity index (χ4n) is 2.55. The van der Waals surface area contributed by atoms with Crippen molar-refractivity contribution >= 4 is 0 Å². The molecule has 2 aromatic carbocycles. The molecule has 3 aromatic rings. The van der Waals surface area contributed by atoms with Crippen molar-refractivity contribution in [3.05, 3.63) is 77.4 Å². The Morgan fingerprint density at radius 1 is 0.957 bits per heavy atom. The van der Waals surface area contributed by atoms with Crippen molar-refractivity contribution < 1.29 is 8.81 Å². The minimum atomic E-state index is -0.229. The van der Waals surface area contributed by atoms with E-state index >= 15 is 0 Å². The van der Waals surface area contributed by atoms with Crippen molar-refractivity contribution in [3.63, 3.8) is 0 Å². The summed E-state index contributed by atoms with van der Waals surface area (Å²) in [6.45, 7) is 6.36. The maximum Gasteiger partial charge on any atom is 0.226 e. The van der Waals surface area contributed by atoms with Gasteiger partial charge in [0.1, 0.15) is 11.6 Å². The quantitative estimate of drug-likeness (QED) is 0.650. The van der Waals surface area contributed by atoms with Gasteiger partial charge in [0.25, 0.3) is 0 Å². The summed E-state index contributed by atoms with van der Waals surface area (Å²) in [6.07, 6.45) is 0.604. The largest absolute Gasteiger partial charge is 0.441 e. The highest BCUT2D eigenvalue weighted by Gasteiger charge is 2.25. The van der Waals surface area contributed by atoms with Crippen LogP contribution in [0.3, 0.4) is 0 Å². The highest BCUT2D eigenvalue weighted by Crippen LogP contribution is 2.31. The van der Waals surface area contributed by atoms with Crippen LogP contribution in [0.15, 0.2) is 59.0 Å². The molecule has 0 aliphatic rings. The van der Waals surface area contributed by atoms with Crippen molar-refractivity contribution in [2.24, 2.45) is 0 Å². The lowest BCUT2D eigenvalue weighted by Crippen LogP contribution is -2.14. The van der Waals surface area contributed by atoms with Gasteiger partial charge < -0.3 is 4.42 Å². The molecule has 3 heteroatoms. The van der Waals surface area contributed by atoms with E-state index in [0.29, 0.717) is 12.3 Å². The van der Waals surface area contributed by atoms with E-state index in [2.05, 4.69) is 20.8 Å². The molecule has 0 saturated carbocycles. The van der Waals surface area contributed by atoms with Crippen molar-refractivity contribution in [1.82, 2.24) is 4.98 Å². The molecule has 1 heterocycles. The third-order valence-electron chi connectivity index (χ3n) is 3.71. The first-order chi connectivity index (χ1) is 10.9. The Bertz CT molecular complexity index is 783. The van der Waals surface area contributed by atoms with E-state index < -0.39 is 0 Å². The molecule has 0 aliphatic heterocycles. The Hall–Kier alpha value is -2.42. The van der Waals surface area contributed by atoms with Crippen LogP contribution < -0.4 is 0 Å². The molecule has 0 spiro atoms. The van der Waals surface area contributed by atoms with Crippen LogP contribution in [0, 0.1) is 5.82 Å². The van der Waals surface area contributed by atoms with Crippen LogP contribution >= 0.6 is 0 Å². The van der Waals surface area contributed by atoms with Crippen molar-refractivity contribution in [1.29, 1.82) is 0 Å². The van der Waals surface area contributed by atoms with Crippen LogP contribution in [0.2, 0.25) is 0 Å². The molecule has 0 amide bonds. The zero-order chi connectivity index (χ0) is 16.4. The monoisotopic (exact) mass is 309 g/mol. The van der Waals surface area contributed by atoms with Gasteiger partial charge >= 0.3 is 0 Å². The summed E-state index contributed by atoms with van der Waals surface area (Å²) in [5.74, 6) is 1.24. The maximum atomic E-state index is 13.1. The Morgan fingerprint density at radius 2 is 1.61 bits per heavy atom. The summed E-state index contributed by atoms with van der Waals surface area (Å²) in [4.78, 5) is 4.72. The number of hydrogen-bond donors (Lipinski definition) is 0. The zero-order valence-corrected chi connectivity index (χ0v) is 13.6. The summed E-state index contributed by atoms with van der Waals surface area (Å²) in [5, 5.41) is 0. The molecule has 0 aliphatic carbocycles. The predicted octanol–water partition coefficient (Wildman–Crippen LogP) is 5.37. The van der Waals surface area contributed by atoms with E-state index in [1.165, 1.54) is 12.1 Å². The van der Waals surface area contributed by atoms with Gasteiger partial charge in [0.05, 0.1) is 5.69 Å². The molecule has 0 unspecified atom stereocenters. The standard InChI is InChI=1S/C20H20FNO/c1-20(2,3)18-17(13-14-9-11-16(21)12-10-14)23-19(22-18)15-7-5-4-6-8-15/h4-12H,13H2,1-3H3. The average molecular weight is 309 g/mol. The molecule has 1 aromatic heterocycles. The Kier molecular flexibility index (Phi) is 4.03. The van der Waals surface area contributed by atoms with Crippen LogP contribution in [-0.4, -0.2) is 4.98 Å². The number of rotatable bonds is 3. The van der Waals surface area contributed by atoms with Crippen molar-refractivity contribution in [2.75, 3.05) is 0 Å². The average Bonchev–Trinajstić information content (AvgIpc) is 2.95. The molecule has 0 N–H and O–H groups in total. The summed E-state index contributed by atoms with van der Waals surface area (Å²) in [7, 11) is 0. The van der Waals surface area contributed by atoms with Gasteiger partial charge in [-0.1, -0.05) is 51.1 Å². The highest BCUT2D eigenvalue weighted by atomic mass is 19.1. The number of aromatic nitrogens is 1. The predicted molar refractivity (Wildman–Crippen MR) is 89.8 cm³/mol. The number of oxazole rings is 1. The summed E-state index contributed by atoms with van der Waals surface area (Å²) in [5.41, 5.74) is 2.79. The molecular weight excluding hydrogens is 289 g/mol. The fourth-order valence-corrected chi connectivity index (χ4v) is 2.55. The van der Waals surface area contributed by atoms with Gasteiger partial charge in [0, 0.05) is 17.4 Å². The number of hydrogen-bond acceptors (Lipinski definition) is 2. The molecule has 0 atom stereocenters. The Labute approximate surface area is 136 Å². The molecule has 0 radical (unpaired) electrons. The molecule has 3 rings (SSSR count). The SMILES string of the molecule is CC(C)(C)c1nc(-c2ccccc2)oc1Cc1ccc(F)cc1. The van der Waals surface area contributed by atoms with E-state index in [1.54, 1.807) is 12.1 Å². The minimum absolute atomic E-state index is 0.119. The molecule has 118 valence electrons. The molecular formula is C20H20FNO. The van der Waals surface area contributed by atoms with E-state index in [9.17, 15) is 4.39 Å². The van der Waals surface area contributed by atoms with Gasteiger partial charge in [-0.05, 0) is 29.8 Å². The first-order valence-corrected chi connectivity index (χ1v) is 7.73. The molecule has 0 fully saturated rings. The molecule has 0 bridgehead atoms. The minimum Gasteiger partial charge on any atom is -0.441 e. The van der Waals surface area contributed by atoms with Gasteiger partial charge in [-0.25, -0.2) is 9.37 Å². The Morgan fingerprint density at radius 3 is 2.22 bits per heavy atom. The van der Waals surface area contributed by atoms with Gasteiger partial charge in [-0.2, -0.15) is 0 Å². The van der Waals surface area contributed by atoms with Crippen LogP contribution in [0.1, 0.15) is 37.8 Å². The normalized spacial score (nSPS) is 11.7. The van der Waals surface area contributed by atoms with E-state index in [0.717, 1.165) is 22.6 Å². The zero-order valence-electron chi connectivity index (χ0n) is 13.6. The van der Waals surface area contributed by atoms with E-state index in [-0.39, 0.29) is 11.2 Å². The molecule has 23 heavy (non-hydrogen) atoms. The smallest absolute Gasteiger partial charge is 0.226 e. The summed E-state index contributed by atoms with van der Waals surface area (Å²) >= 11 is 0. The van der Waals surface area contributed by atoms with Gasteiger partial charge in [-0.3, -0.25) is 0 Å². The lowest BCUT2D eigenvalue weighted by Gasteiger charge is -2.16. The first kappa shape index (κ1) is 15.5. The second kappa shape index (κ2) is 5.99. The van der Waals surface area contributed by atoms with E-state index in [1.807, 2.05) is 30.3 Å². The van der Waals surface area contributed by atoms with Gasteiger partial charge in [0.2, 0.25) is 5.89 Å². The first-order valence-electron chi connectivity index (χ1n) is 7.73. The number of benzene rings is 2. The Balaban J connectivity index is 2.01. The summed E-state index contributed by atoms with van der Waals surface area (Å²) < 4.78 is 19.1. The second-order valence-electron chi connectivity index (χ2n) is 6.71. The highest BCUT2D eigenvalue weighted by molar-refractivity contribution is 5.53. The fraction of sp³-hybridized carbons (Fsp3) is 0.250. The van der Waals surface area contributed by atoms with Crippen LogP contribution in [0.25, 0.3) is 11.5 Å². The third kappa shape index (κ3) is 3.50. The van der Waals surface area contributed by atoms with Crippen LogP contribution in [0.4, 0.5) is 4.39 Å². The summed E-state index contributed by atoms with van der Waals surface area (Å²) in [6, 6.07) is 16.4. The van der Waals surface area contributed by atoms with Gasteiger partial charge in [0.15, 0.2) is 0 Å². The topological polar surface area (TPSA) is 26.0 Å². The second-order valence-corrected chi connectivity index (χ2v) is 6.71. The van der Waals surface area contributed by atoms with Gasteiger partial charge in [-0.15, -0.1) is 0 Å².